The lowest BCUT2D eigenvalue weighted by atomic mass is 9.89. The fraction of sp³-hybridized carbons (Fsp3) is 0.556. The number of likely N-dealkylation sites (tertiary alicyclic amines) is 1. The second kappa shape index (κ2) is 5.41. The Bertz CT molecular complexity index is 599. The van der Waals surface area contributed by atoms with Crippen LogP contribution in [0.3, 0.4) is 0 Å². The zero-order chi connectivity index (χ0) is 15.9. The number of hydrogen-bond donors (Lipinski definition) is 1. The summed E-state index contributed by atoms with van der Waals surface area (Å²) in [5.74, 6) is -1.06. The molecular formula is C18H23NO3. The molecule has 0 spiro atoms. The summed E-state index contributed by atoms with van der Waals surface area (Å²) in [7, 11) is 0. The van der Waals surface area contributed by atoms with E-state index in [0.29, 0.717) is 19.5 Å². The van der Waals surface area contributed by atoms with Crippen LogP contribution in [0.15, 0.2) is 18.2 Å². The van der Waals surface area contributed by atoms with Crippen molar-refractivity contribution in [3.05, 3.63) is 34.9 Å². The van der Waals surface area contributed by atoms with Gasteiger partial charge in [0.1, 0.15) is 0 Å². The van der Waals surface area contributed by atoms with Gasteiger partial charge in [0.05, 0.1) is 11.3 Å². The minimum absolute atomic E-state index is 0.128. The summed E-state index contributed by atoms with van der Waals surface area (Å²) in [6, 6.07) is 6.33. The molecule has 4 nitrogen and oxygen atoms in total. The molecule has 0 radical (unpaired) electrons. The fourth-order valence-electron chi connectivity index (χ4n) is 3.67. The molecule has 0 aromatic heterocycles. The first-order chi connectivity index (χ1) is 10.4. The largest absolute Gasteiger partial charge is 0.481 e. The Labute approximate surface area is 131 Å². The molecule has 1 amide bonds. The van der Waals surface area contributed by atoms with E-state index in [1.165, 1.54) is 11.1 Å². The first-order valence-electron chi connectivity index (χ1n) is 8.03. The number of rotatable bonds is 3. The Morgan fingerprint density at radius 1 is 1.18 bits per heavy atom. The number of amides is 1. The van der Waals surface area contributed by atoms with E-state index in [-0.39, 0.29) is 5.91 Å². The molecule has 4 heteroatoms. The highest BCUT2D eigenvalue weighted by atomic mass is 16.4. The van der Waals surface area contributed by atoms with Gasteiger partial charge >= 0.3 is 5.97 Å². The summed E-state index contributed by atoms with van der Waals surface area (Å²) >= 11 is 0. The SMILES string of the molecule is Cc1cc(C)cc(C2(C(=O)N3CCCC(C(=O)O)C3)CC2)c1. The number of carbonyl (C=O) groups is 2. The maximum atomic E-state index is 13.0. The van der Waals surface area contributed by atoms with Crippen molar-refractivity contribution in [1.82, 2.24) is 4.90 Å². The van der Waals surface area contributed by atoms with E-state index in [4.69, 9.17) is 0 Å². The van der Waals surface area contributed by atoms with Crippen molar-refractivity contribution < 1.29 is 14.7 Å². The maximum Gasteiger partial charge on any atom is 0.308 e. The molecule has 1 aliphatic carbocycles. The maximum absolute atomic E-state index is 13.0. The molecule has 1 aliphatic heterocycles. The van der Waals surface area contributed by atoms with Gasteiger partial charge in [0.15, 0.2) is 0 Å². The number of carbonyl (C=O) groups excluding carboxylic acids is 1. The van der Waals surface area contributed by atoms with E-state index in [9.17, 15) is 14.7 Å². The van der Waals surface area contributed by atoms with Gasteiger partial charge in [-0.25, -0.2) is 0 Å². The number of aryl methyl sites for hydroxylation is 2. The molecular weight excluding hydrogens is 278 g/mol. The zero-order valence-corrected chi connectivity index (χ0v) is 13.3. The van der Waals surface area contributed by atoms with E-state index < -0.39 is 17.3 Å². The van der Waals surface area contributed by atoms with Crippen LogP contribution in [0.25, 0.3) is 0 Å². The molecule has 2 aliphatic rings. The van der Waals surface area contributed by atoms with Gasteiger partial charge in [-0.15, -0.1) is 0 Å². The van der Waals surface area contributed by atoms with E-state index in [1.807, 2.05) is 0 Å². The smallest absolute Gasteiger partial charge is 0.308 e. The van der Waals surface area contributed by atoms with Crippen LogP contribution in [0.2, 0.25) is 0 Å². The Hall–Kier alpha value is -1.84. The van der Waals surface area contributed by atoms with Crippen molar-refractivity contribution in [2.75, 3.05) is 13.1 Å². The Kier molecular flexibility index (Phi) is 3.71. The van der Waals surface area contributed by atoms with Crippen LogP contribution in [0.1, 0.15) is 42.4 Å². The molecule has 1 aromatic carbocycles. The van der Waals surface area contributed by atoms with Crippen LogP contribution in [-0.4, -0.2) is 35.0 Å². The van der Waals surface area contributed by atoms with Gasteiger partial charge < -0.3 is 10.0 Å². The Balaban J connectivity index is 1.83. The van der Waals surface area contributed by atoms with Crippen LogP contribution in [0.5, 0.6) is 0 Å². The van der Waals surface area contributed by atoms with Gasteiger partial charge in [0, 0.05) is 13.1 Å². The van der Waals surface area contributed by atoms with Crippen molar-refractivity contribution >= 4 is 11.9 Å². The molecule has 1 N–H and O–H groups in total. The van der Waals surface area contributed by atoms with Gasteiger partial charge in [-0.2, -0.15) is 0 Å². The van der Waals surface area contributed by atoms with Crippen molar-refractivity contribution in [1.29, 1.82) is 0 Å². The highest BCUT2D eigenvalue weighted by Gasteiger charge is 2.53. The minimum atomic E-state index is -0.784. The third-order valence-corrected chi connectivity index (χ3v) is 4.99. The molecule has 1 aromatic rings. The minimum Gasteiger partial charge on any atom is -0.481 e. The van der Waals surface area contributed by atoms with E-state index in [0.717, 1.165) is 24.8 Å². The molecule has 1 unspecified atom stereocenters. The predicted molar refractivity (Wildman–Crippen MR) is 83.8 cm³/mol. The van der Waals surface area contributed by atoms with E-state index in [2.05, 4.69) is 32.0 Å². The number of carboxylic acids is 1. The summed E-state index contributed by atoms with van der Waals surface area (Å²) in [6.45, 7) is 5.16. The van der Waals surface area contributed by atoms with Crippen LogP contribution < -0.4 is 0 Å². The topological polar surface area (TPSA) is 57.6 Å². The summed E-state index contributed by atoms with van der Waals surface area (Å²) in [6.07, 6.45) is 3.22. The fourth-order valence-corrected chi connectivity index (χ4v) is 3.67. The predicted octanol–water partition coefficient (Wildman–Crippen LogP) is 2.66. The summed E-state index contributed by atoms with van der Waals surface area (Å²) in [4.78, 5) is 26.0. The third kappa shape index (κ3) is 2.62. The number of piperidine rings is 1. The first-order valence-corrected chi connectivity index (χ1v) is 8.03. The lowest BCUT2D eigenvalue weighted by Crippen LogP contribution is -2.46. The van der Waals surface area contributed by atoms with Crippen molar-refractivity contribution in [2.45, 2.75) is 44.9 Å². The summed E-state index contributed by atoms with van der Waals surface area (Å²) in [5, 5.41) is 9.21. The molecule has 1 saturated carbocycles. The lowest BCUT2D eigenvalue weighted by molar-refractivity contribution is -0.146. The quantitative estimate of drug-likeness (QED) is 0.933. The molecule has 118 valence electrons. The highest BCUT2D eigenvalue weighted by molar-refractivity contribution is 5.92. The molecule has 3 rings (SSSR count). The highest BCUT2D eigenvalue weighted by Crippen LogP contribution is 2.50. The number of benzene rings is 1. The molecule has 1 atom stereocenters. The van der Waals surface area contributed by atoms with Crippen LogP contribution in [0.4, 0.5) is 0 Å². The first kappa shape index (κ1) is 15.1. The van der Waals surface area contributed by atoms with E-state index in [1.54, 1.807) is 4.90 Å². The van der Waals surface area contributed by atoms with Crippen molar-refractivity contribution in [3.63, 3.8) is 0 Å². The normalized spacial score (nSPS) is 23.2. The summed E-state index contributed by atoms with van der Waals surface area (Å²) < 4.78 is 0. The van der Waals surface area contributed by atoms with Crippen LogP contribution in [0, 0.1) is 19.8 Å². The number of nitrogens with zero attached hydrogens (tertiary/aromatic N) is 1. The summed E-state index contributed by atoms with van der Waals surface area (Å²) in [5.41, 5.74) is 3.07. The van der Waals surface area contributed by atoms with E-state index >= 15 is 0 Å². The Morgan fingerprint density at radius 2 is 1.82 bits per heavy atom. The average molecular weight is 301 g/mol. The number of hydrogen-bond acceptors (Lipinski definition) is 2. The van der Waals surface area contributed by atoms with Crippen LogP contribution >= 0.6 is 0 Å². The van der Waals surface area contributed by atoms with Crippen molar-refractivity contribution in [2.24, 2.45) is 5.92 Å². The van der Waals surface area contributed by atoms with Gasteiger partial charge in [0.2, 0.25) is 5.91 Å². The van der Waals surface area contributed by atoms with Gasteiger partial charge in [-0.05, 0) is 45.1 Å². The molecule has 1 saturated heterocycles. The number of aliphatic carboxylic acids is 1. The van der Waals surface area contributed by atoms with Crippen molar-refractivity contribution in [3.8, 4) is 0 Å². The third-order valence-electron chi connectivity index (χ3n) is 4.99. The monoisotopic (exact) mass is 301 g/mol. The zero-order valence-electron chi connectivity index (χ0n) is 13.3. The second-order valence-electron chi connectivity index (χ2n) is 6.89. The average Bonchev–Trinajstić information content (AvgIpc) is 3.27. The Morgan fingerprint density at radius 3 is 2.36 bits per heavy atom. The van der Waals surface area contributed by atoms with Gasteiger partial charge in [-0.1, -0.05) is 29.3 Å². The lowest BCUT2D eigenvalue weighted by Gasteiger charge is -2.34. The molecule has 1 heterocycles. The standard InChI is InChI=1S/C18H23NO3/c1-12-8-13(2)10-15(9-12)18(5-6-18)17(22)19-7-3-4-14(11-19)16(20)21/h8-10,14H,3-7,11H2,1-2H3,(H,20,21). The number of carboxylic acid groups (broad SMARTS) is 1. The molecule has 22 heavy (non-hydrogen) atoms. The van der Waals surface area contributed by atoms with Gasteiger partial charge in [0.25, 0.3) is 0 Å². The molecule has 0 bridgehead atoms. The van der Waals surface area contributed by atoms with Gasteiger partial charge in [-0.3, -0.25) is 9.59 Å². The molecule has 2 fully saturated rings. The second-order valence-corrected chi connectivity index (χ2v) is 6.89. The van der Waals surface area contributed by atoms with Crippen LogP contribution in [-0.2, 0) is 15.0 Å².